The minimum Gasteiger partial charge on any atom is -0.381 e. The van der Waals surface area contributed by atoms with E-state index < -0.39 is 0 Å². The number of carbonyl (C=O) groups is 1. The van der Waals surface area contributed by atoms with Crippen molar-refractivity contribution in [2.75, 3.05) is 32.8 Å². The minimum absolute atomic E-state index is 0. The van der Waals surface area contributed by atoms with E-state index >= 15 is 0 Å². The highest BCUT2D eigenvalue weighted by molar-refractivity contribution is 5.85. The molecule has 1 amide bonds. The molecule has 0 radical (unpaired) electrons. The smallest absolute Gasteiger partial charge is 0.226 e. The summed E-state index contributed by atoms with van der Waals surface area (Å²) in [7, 11) is 0. The molecular formula is C28H37ClN2O2. The first kappa shape index (κ1) is 24.3. The third kappa shape index (κ3) is 5.62. The molecule has 0 bridgehead atoms. The first-order chi connectivity index (χ1) is 15.7. The number of halogens is 1. The number of hydrogen-bond donors (Lipinski definition) is 0. The minimum atomic E-state index is 0. The van der Waals surface area contributed by atoms with Crippen molar-refractivity contribution in [2.45, 2.75) is 58.0 Å². The molecule has 2 aromatic rings. The second-order valence-corrected chi connectivity index (χ2v) is 9.85. The van der Waals surface area contributed by atoms with Gasteiger partial charge in [-0.25, -0.2) is 0 Å². The maximum Gasteiger partial charge on any atom is 0.226 e. The Bertz CT molecular complexity index is 939. The fourth-order valence-corrected chi connectivity index (χ4v) is 5.58. The molecule has 0 spiro atoms. The Labute approximate surface area is 204 Å². The van der Waals surface area contributed by atoms with Crippen molar-refractivity contribution >= 4 is 18.3 Å². The predicted molar refractivity (Wildman–Crippen MR) is 136 cm³/mol. The number of likely N-dealkylation sites (tertiary alicyclic amines) is 1. The summed E-state index contributed by atoms with van der Waals surface area (Å²) < 4.78 is 5.42. The van der Waals surface area contributed by atoms with Crippen LogP contribution in [0.1, 0.15) is 49.3 Å². The largest absolute Gasteiger partial charge is 0.381 e. The zero-order valence-electron chi connectivity index (χ0n) is 19.8. The topological polar surface area (TPSA) is 32.8 Å². The van der Waals surface area contributed by atoms with E-state index in [0.29, 0.717) is 5.91 Å². The Kier molecular flexibility index (Phi) is 8.11. The molecule has 178 valence electrons. The number of carbonyl (C=O) groups excluding carboxylic acids is 1. The molecule has 4 nitrogen and oxygen atoms in total. The molecule has 3 heterocycles. The molecule has 2 aromatic carbocycles. The van der Waals surface area contributed by atoms with Gasteiger partial charge in [0, 0.05) is 44.8 Å². The van der Waals surface area contributed by atoms with Crippen LogP contribution in [0.2, 0.25) is 0 Å². The molecule has 0 unspecified atom stereocenters. The lowest BCUT2D eigenvalue weighted by Crippen LogP contribution is -2.41. The van der Waals surface area contributed by atoms with Gasteiger partial charge in [0.05, 0.1) is 0 Å². The SMILES string of the molecule is C[C@@H]1CCCN1CCc1ccc(-c2ccc3c(c2)CCN(C(=O)C2CCOCC2)C3)cc1.Cl. The Morgan fingerprint density at radius 1 is 0.970 bits per heavy atom. The van der Waals surface area contributed by atoms with Gasteiger partial charge in [-0.1, -0.05) is 42.5 Å². The number of benzene rings is 2. The second-order valence-electron chi connectivity index (χ2n) is 9.85. The van der Waals surface area contributed by atoms with Gasteiger partial charge in [-0.3, -0.25) is 4.79 Å². The zero-order chi connectivity index (χ0) is 21.9. The molecule has 3 aliphatic rings. The molecule has 0 aromatic heterocycles. The van der Waals surface area contributed by atoms with Crippen molar-refractivity contribution in [1.82, 2.24) is 9.80 Å². The molecule has 33 heavy (non-hydrogen) atoms. The maximum absolute atomic E-state index is 12.9. The highest BCUT2D eigenvalue weighted by Crippen LogP contribution is 2.28. The maximum atomic E-state index is 12.9. The lowest BCUT2D eigenvalue weighted by atomic mass is 9.92. The lowest BCUT2D eigenvalue weighted by Gasteiger charge is -2.33. The Hall–Kier alpha value is -1.88. The van der Waals surface area contributed by atoms with Crippen LogP contribution >= 0.6 is 12.4 Å². The van der Waals surface area contributed by atoms with E-state index in [9.17, 15) is 4.79 Å². The number of ether oxygens (including phenoxy) is 1. The van der Waals surface area contributed by atoms with Crippen LogP contribution < -0.4 is 0 Å². The van der Waals surface area contributed by atoms with Gasteiger partial charge in [0.2, 0.25) is 5.91 Å². The van der Waals surface area contributed by atoms with Crippen LogP contribution in [0.5, 0.6) is 0 Å². The van der Waals surface area contributed by atoms with E-state index in [4.69, 9.17) is 4.74 Å². The molecule has 5 heteroatoms. The quantitative estimate of drug-likeness (QED) is 0.611. The summed E-state index contributed by atoms with van der Waals surface area (Å²) in [6, 6.07) is 16.7. The Balaban J connectivity index is 0.00000259. The summed E-state index contributed by atoms with van der Waals surface area (Å²) in [5, 5.41) is 0. The molecule has 0 N–H and O–H groups in total. The standard InChI is InChI=1S/C28H36N2O2.ClH/c1-21-3-2-14-29(21)15-10-22-4-6-23(7-5-22)25-8-9-27-20-30(16-11-26(27)19-25)28(31)24-12-17-32-18-13-24;/h4-9,19,21,24H,2-3,10-18,20H2,1H3;1H/t21-;/m1./s1. The summed E-state index contributed by atoms with van der Waals surface area (Å²) in [5.41, 5.74) is 6.69. The molecule has 2 saturated heterocycles. The fourth-order valence-electron chi connectivity index (χ4n) is 5.58. The van der Waals surface area contributed by atoms with Gasteiger partial charge in [-0.15, -0.1) is 12.4 Å². The van der Waals surface area contributed by atoms with Gasteiger partial charge in [-0.2, -0.15) is 0 Å². The highest BCUT2D eigenvalue weighted by Gasteiger charge is 2.28. The van der Waals surface area contributed by atoms with E-state index in [1.807, 2.05) is 0 Å². The van der Waals surface area contributed by atoms with Gasteiger partial charge in [0.1, 0.15) is 0 Å². The van der Waals surface area contributed by atoms with Crippen molar-refractivity contribution in [2.24, 2.45) is 5.92 Å². The third-order valence-corrected chi connectivity index (χ3v) is 7.77. The van der Waals surface area contributed by atoms with E-state index in [-0.39, 0.29) is 18.3 Å². The predicted octanol–water partition coefficient (Wildman–Crippen LogP) is 5.11. The van der Waals surface area contributed by atoms with Crippen LogP contribution in [-0.2, 0) is 28.9 Å². The zero-order valence-corrected chi connectivity index (χ0v) is 20.6. The first-order valence-electron chi connectivity index (χ1n) is 12.5. The highest BCUT2D eigenvalue weighted by atomic mass is 35.5. The summed E-state index contributed by atoms with van der Waals surface area (Å²) in [6.07, 6.45) is 6.51. The van der Waals surface area contributed by atoms with Crippen molar-refractivity contribution in [1.29, 1.82) is 0 Å². The molecule has 0 saturated carbocycles. The third-order valence-electron chi connectivity index (χ3n) is 7.77. The number of fused-ring (bicyclic) bond motifs is 1. The van der Waals surface area contributed by atoms with Gasteiger partial charge < -0.3 is 14.5 Å². The number of nitrogens with zero attached hydrogens (tertiary/aromatic N) is 2. The molecule has 0 aliphatic carbocycles. The van der Waals surface area contributed by atoms with Gasteiger partial charge >= 0.3 is 0 Å². The van der Waals surface area contributed by atoms with Crippen molar-refractivity contribution in [3.63, 3.8) is 0 Å². The summed E-state index contributed by atoms with van der Waals surface area (Å²) in [6.45, 7) is 7.81. The van der Waals surface area contributed by atoms with E-state index in [1.54, 1.807) is 0 Å². The number of hydrogen-bond acceptors (Lipinski definition) is 3. The van der Waals surface area contributed by atoms with Gasteiger partial charge in [0.15, 0.2) is 0 Å². The van der Waals surface area contributed by atoms with Gasteiger partial charge in [0.25, 0.3) is 0 Å². The van der Waals surface area contributed by atoms with Crippen LogP contribution in [0.25, 0.3) is 11.1 Å². The summed E-state index contributed by atoms with van der Waals surface area (Å²) in [4.78, 5) is 17.6. The molecule has 3 aliphatic heterocycles. The van der Waals surface area contributed by atoms with Crippen molar-refractivity contribution in [3.05, 3.63) is 59.2 Å². The fraction of sp³-hybridized carbons (Fsp3) is 0.536. The van der Waals surface area contributed by atoms with Crippen LogP contribution in [0.4, 0.5) is 0 Å². The normalized spacial score (nSPS) is 21.5. The first-order valence-corrected chi connectivity index (χ1v) is 12.5. The van der Waals surface area contributed by atoms with Crippen molar-refractivity contribution in [3.8, 4) is 11.1 Å². The van der Waals surface area contributed by atoms with Crippen LogP contribution in [0, 0.1) is 5.92 Å². The van der Waals surface area contributed by atoms with Gasteiger partial charge in [-0.05, 0) is 79.8 Å². The summed E-state index contributed by atoms with van der Waals surface area (Å²) in [5.74, 6) is 0.471. The monoisotopic (exact) mass is 468 g/mol. The molecule has 5 rings (SSSR count). The Morgan fingerprint density at radius 2 is 1.73 bits per heavy atom. The molecular weight excluding hydrogens is 432 g/mol. The Morgan fingerprint density at radius 3 is 2.45 bits per heavy atom. The van der Waals surface area contributed by atoms with Crippen LogP contribution in [-0.4, -0.2) is 54.6 Å². The molecule has 1 atom stereocenters. The van der Waals surface area contributed by atoms with Crippen molar-refractivity contribution < 1.29 is 9.53 Å². The van der Waals surface area contributed by atoms with E-state index in [1.165, 1.54) is 53.7 Å². The lowest BCUT2D eigenvalue weighted by molar-refractivity contribution is -0.139. The average Bonchev–Trinajstić information content (AvgIpc) is 3.27. The number of rotatable bonds is 5. The molecule has 2 fully saturated rings. The number of amides is 1. The second kappa shape index (κ2) is 11.0. The van der Waals surface area contributed by atoms with Crippen LogP contribution in [0.3, 0.4) is 0 Å². The summed E-state index contributed by atoms with van der Waals surface area (Å²) >= 11 is 0. The average molecular weight is 469 g/mol. The van der Waals surface area contributed by atoms with Crippen LogP contribution in [0.15, 0.2) is 42.5 Å². The van der Waals surface area contributed by atoms with E-state index in [2.05, 4.69) is 59.2 Å². The van der Waals surface area contributed by atoms with E-state index in [0.717, 1.165) is 58.0 Å².